The molecule has 2 fully saturated rings. The molecule has 0 bridgehead atoms. The summed E-state index contributed by atoms with van der Waals surface area (Å²) in [7, 11) is 2.11. The van der Waals surface area contributed by atoms with Crippen molar-refractivity contribution in [2.24, 2.45) is 11.8 Å². The number of rotatable bonds is 2. The summed E-state index contributed by atoms with van der Waals surface area (Å²) in [6.45, 7) is 3.12. The molecule has 3 atom stereocenters. The van der Waals surface area contributed by atoms with Crippen LogP contribution in [-0.2, 0) is 4.79 Å². The number of likely N-dealkylation sites (N-methyl/N-ethyl adjacent to an activating group) is 1. The van der Waals surface area contributed by atoms with Crippen LogP contribution >= 0.6 is 11.8 Å². The van der Waals surface area contributed by atoms with Crippen LogP contribution in [0.1, 0.15) is 19.8 Å². The number of Topliss-reactive ketones (excluding diaryl/α,β-unsaturated/α-hetero) is 1. The second kappa shape index (κ2) is 4.23. The van der Waals surface area contributed by atoms with E-state index in [1.165, 1.54) is 17.9 Å². The number of carbonyl (C=O) groups is 1. The summed E-state index contributed by atoms with van der Waals surface area (Å²) in [4.78, 5) is 14.1. The summed E-state index contributed by atoms with van der Waals surface area (Å²) >= 11 is 2.06. The van der Waals surface area contributed by atoms with E-state index in [0.717, 1.165) is 12.5 Å². The minimum atomic E-state index is 0.242. The number of ketones is 1. The summed E-state index contributed by atoms with van der Waals surface area (Å²) in [6, 6.07) is 0.242. The second-order valence-corrected chi connectivity index (χ2v) is 5.64. The molecule has 0 amide bonds. The van der Waals surface area contributed by atoms with Crippen LogP contribution in [0.3, 0.4) is 0 Å². The average molecular weight is 213 g/mol. The normalized spacial score (nSPS) is 38.3. The van der Waals surface area contributed by atoms with Crippen molar-refractivity contribution in [2.75, 3.05) is 25.1 Å². The van der Waals surface area contributed by atoms with Crippen LogP contribution in [0.4, 0.5) is 0 Å². The first-order valence-electron chi connectivity index (χ1n) is 5.54. The first kappa shape index (κ1) is 10.5. The molecule has 2 rings (SSSR count). The molecule has 0 aliphatic carbocycles. The van der Waals surface area contributed by atoms with Crippen molar-refractivity contribution < 1.29 is 4.79 Å². The molecule has 3 unspecified atom stereocenters. The molecule has 0 aromatic carbocycles. The van der Waals surface area contributed by atoms with E-state index >= 15 is 0 Å². The third-order valence-corrected chi connectivity index (χ3v) is 4.80. The standard InChI is InChI=1S/C11H19NOS/c1-3-10(13)11-9-4-5-14-7-8(9)6-12(11)2/h8-9,11H,3-7H2,1-2H3. The molecule has 2 heterocycles. The lowest BCUT2D eigenvalue weighted by atomic mass is 9.86. The van der Waals surface area contributed by atoms with Crippen molar-refractivity contribution >= 4 is 17.5 Å². The predicted octanol–water partition coefficient (Wildman–Crippen LogP) is 1.65. The number of hydrogen-bond acceptors (Lipinski definition) is 3. The molecule has 2 saturated heterocycles. The first-order chi connectivity index (χ1) is 6.74. The van der Waals surface area contributed by atoms with Gasteiger partial charge in [-0.1, -0.05) is 6.92 Å². The Morgan fingerprint density at radius 2 is 2.36 bits per heavy atom. The van der Waals surface area contributed by atoms with E-state index in [4.69, 9.17) is 0 Å². The van der Waals surface area contributed by atoms with Gasteiger partial charge in [0.2, 0.25) is 0 Å². The Kier molecular flexibility index (Phi) is 3.17. The van der Waals surface area contributed by atoms with Crippen molar-refractivity contribution in [3.8, 4) is 0 Å². The lowest BCUT2D eigenvalue weighted by Crippen LogP contribution is -2.38. The SMILES string of the molecule is CCC(=O)C1C2CCSCC2CN1C. The van der Waals surface area contributed by atoms with Crippen LogP contribution < -0.4 is 0 Å². The van der Waals surface area contributed by atoms with Gasteiger partial charge in [-0.25, -0.2) is 0 Å². The van der Waals surface area contributed by atoms with Crippen LogP contribution in [0.2, 0.25) is 0 Å². The maximum absolute atomic E-state index is 11.8. The molecule has 0 radical (unpaired) electrons. The number of thioether (sulfide) groups is 1. The Balaban J connectivity index is 2.11. The number of likely N-dealkylation sites (tertiary alicyclic amines) is 1. The fourth-order valence-corrected chi connectivity index (χ4v) is 4.18. The van der Waals surface area contributed by atoms with Gasteiger partial charge in [-0.2, -0.15) is 11.8 Å². The van der Waals surface area contributed by atoms with Crippen molar-refractivity contribution in [1.29, 1.82) is 0 Å². The van der Waals surface area contributed by atoms with Gasteiger partial charge in [0.1, 0.15) is 5.78 Å². The third kappa shape index (κ3) is 1.72. The molecule has 2 aliphatic rings. The van der Waals surface area contributed by atoms with Crippen LogP contribution in [0.25, 0.3) is 0 Å². The highest BCUT2D eigenvalue weighted by Gasteiger charge is 2.43. The molecule has 0 aromatic heterocycles. The van der Waals surface area contributed by atoms with Crippen LogP contribution in [0, 0.1) is 11.8 Å². The molecular formula is C11H19NOS. The molecule has 0 N–H and O–H groups in total. The zero-order valence-corrected chi connectivity index (χ0v) is 9.85. The number of nitrogens with zero attached hydrogens (tertiary/aromatic N) is 1. The second-order valence-electron chi connectivity index (χ2n) is 4.49. The Morgan fingerprint density at radius 3 is 3.07 bits per heavy atom. The maximum Gasteiger partial charge on any atom is 0.149 e. The fraction of sp³-hybridized carbons (Fsp3) is 0.909. The molecule has 2 aliphatic heterocycles. The van der Waals surface area contributed by atoms with Gasteiger partial charge in [0.15, 0.2) is 0 Å². The van der Waals surface area contributed by atoms with Gasteiger partial charge in [0.05, 0.1) is 6.04 Å². The fourth-order valence-electron chi connectivity index (χ4n) is 2.92. The Labute approximate surface area is 90.4 Å². The Bertz CT molecular complexity index is 231. The van der Waals surface area contributed by atoms with Crippen LogP contribution in [-0.4, -0.2) is 41.8 Å². The van der Waals surface area contributed by atoms with E-state index in [-0.39, 0.29) is 6.04 Å². The quantitative estimate of drug-likeness (QED) is 0.695. The van der Waals surface area contributed by atoms with Gasteiger partial charge in [-0.05, 0) is 36.8 Å². The zero-order valence-electron chi connectivity index (χ0n) is 9.03. The molecule has 80 valence electrons. The van der Waals surface area contributed by atoms with E-state index in [9.17, 15) is 4.79 Å². The van der Waals surface area contributed by atoms with Crippen molar-refractivity contribution in [2.45, 2.75) is 25.8 Å². The highest BCUT2D eigenvalue weighted by atomic mass is 32.2. The van der Waals surface area contributed by atoms with E-state index in [2.05, 4.69) is 23.7 Å². The van der Waals surface area contributed by atoms with Crippen molar-refractivity contribution in [1.82, 2.24) is 4.90 Å². The Morgan fingerprint density at radius 1 is 1.57 bits per heavy atom. The summed E-state index contributed by atoms with van der Waals surface area (Å²) in [5.41, 5.74) is 0. The lowest BCUT2D eigenvalue weighted by Gasteiger charge is -2.28. The summed E-state index contributed by atoms with van der Waals surface area (Å²) in [5.74, 6) is 4.41. The van der Waals surface area contributed by atoms with E-state index in [1.807, 2.05) is 6.92 Å². The maximum atomic E-state index is 11.8. The number of carbonyl (C=O) groups excluding carboxylic acids is 1. The van der Waals surface area contributed by atoms with Gasteiger partial charge in [-0.15, -0.1) is 0 Å². The molecule has 2 nitrogen and oxygen atoms in total. The largest absolute Gasteiger partial charge is 0.298 e. The summed E-state index contributed by atoms with van der Waals surface area (Å²) in [6.07, 6.45) is 1.95. The zero-order chi connectivity index (χ0) is 10.1. The van der Waals surface area contributed by atoms with Crippen LogP contribution in [0.5, 0.6) is 0 Å². The molecule has 0 aromatic rings. The average Bonchev–Trinajstić information content (AvgIpc) is 2.53. The van der Waals surface area contributed by atoms with Gasteiger partial charge >= 0.3 is 0 Å². The summed E-state index contributed by atoms with van der Waals surface area (Å²) in [5, 5.41) is 0. The lowest BCUT2D eigenvalue weighted by molar-refractivity contribution is -0.123. The van der Waals surface area contributed by atoms with Gasteiger partial charge in [-0.3, -0.25) is 9.69 Å². The molecule has 3 heteroatoms. The predicted molar refractivity (Wildman–Crippen MR) is 60.6 cm³/mol. The van der Waals surface area contributed by atoms with E-state index in [0.29, 0.717) is 18.1 Å². The van der Waals surface area contributed by atoms with Gasteiger partial charge in [0.25, 0.3) is 0 Å². The minimum absolute atomic E-state index is 0.242. The van der Waals surface area contributed by atoms with Gasteiger partial charge in [0, 0.05) is 13.0 Å². The summed E-state index contributed by atoms with van der Waals surface area (Å²) < 4.78 is 0. The topological polar surface area (TPSA) is 20.3 Å². The number of fused-ring (bicyclic) bond motifs is 1. The third-order valence-electron chi connectivity index (χ3n) is 3.61. The molecule has 0 spiro atoms. The monoisotopic (exact) mass is 213 g/mol. The van der Waals surface area contributed by atoms with Crippen molar-refractivity contribution in [3.05, 3.63) is 0 Å². The molecule has 0 saturated carbocycles. The smallest absolute Gasteiger partial charge is 0.149 e. The Hall–Kier alpha value is -0.0200. The van der Waals surface area contributed by atoms with Crippen molar-refractivity contribution in [3.63, 3.8) is 0 Å². The highest BCUT2D eigenvalue weighted by Crippen LogP contribution is 2.38. The highest BCUT2D eigenvalue weighted by molar-refractivity contribution is 7.99. The van der Waals surface area contributed by atoms with E-state index < -0.39 is 0 Å². The molecular weight excluding hydrogens is 194 g/mol. The van der Waals surface area contributed by atoms with E-state index in [1.54, 1.807) is 0 Å². The first-order valence-corrected chi connectivity index (χ1v) is 6.70. The minimum Gasteiger partial charge on any atom is -0.298 e. The van der Waals surface area contributed by atoms with Gasteiger partial charge < -0.3 is 0 Å². The number of hydrogen-bond donors (Lipinski definition) is 0. The molecule has 14 heavy (non-hydrogen) atoms. The van der Waals surface area contributed by atoms with Crippen LogP contribution in [0.15, 0.2) is 0 Å².